The van der Waals surface area contributed by atoms with E-state index in [2.05, 4.69) is 43.3 Å². The Bertz CT molecular complexity index is 1210. The van der Waals surface area contributed by atoms with Gasteiger partial charge >= 0.3 is 0 Å². The molecule has 0 spiro atoms. The lowest BCUT2D eigenvalue weighted by Gasteiger charge is -2.16. The van der Waals surface area contributed by atoms with E-state index in [0.29, 0.717) is 28.1 Å². The summed E-state index contributed by atoms with van der Waals surface area (Å²) in [6, 6.07) is 10.3. The van der Waals surface area contributed by atoms with E-state index in [1.165, 1.54) is 11.8 Å². The van der Waals surface area contributed by atoms with Gasteiger partial charge in [0.05, 0.1) is 22.4 Å². The quantitative estimate of drug-likeness (QED) is 0.257. The number of aryl methyl sites for hydroxylation is 2. The maximum Gasteiger partial charge on any atom is 0.253 e. The average Bonchev–Trinajstić information content (AvgIpc) is 3.18. The van der Waals surface area contributed by atoms with E-state index in [-0.39, 0.29) is 17.6 Å². The second-order valence-corrected chi connectivity index (χ2v) is 9.93. The molecule has 2 aromatic carbocycles. The molecule has 0 saturated carbocycles. The molecular formula is C24H25BrClN5O2S. The molecule has 0 aliphatic rings. The first-order valence-electron chi connectivity index (χ1n) is 10.5. The van der Waals surface area contributed by atoms with E-state index >= 15 is 0 Å². The molecule has 0 radical (unpaired) electrons. The van der Waals surface area contributed by atoms with Crippen LogP contribution in [0.25, 0.3) is 0 Å². The number of carbonyl (C=O) groups excluding carboxylic acids is 2. The molecule has 7 nitrogen and oxygen atoms in total. The summed E-state index contributed by atoms with van der Waals surface area (Å²) >= 11 is 10.9. The summed E-state index contributed by atoms with van der Waals surface area (Å²) in [6.07, 6.45) is 1.72. The Morgan fingerprint density at radius 1 is 1.24 bits per heavy atom. The molecule has 178 valence electrons. The second-order valence-electron chi connectivity index (χ2n) is 7.67. The normalized spacial score (nSPS) is 11.7. The first-order chi connectivity index (χ1) is 16.2. The fourth-order valence-corrected chi connectivity index (χ4v) is 5.09. The molecule has 0 aliphatic heterocycles. The molecule has 1 heterocycles. The highest BCUT2D eigenvalue weighted by molar-refractivity contribution is 9.10. The van der Waals surface area contributed by atoms with Crippen molar-refractivity contribution >= 4 is 56.8 Å². The summed E-state index contributed by atoms with van der Waals surface area (Å²) in [4.78, 5) is 25.3. The Kier molecular flexibility index (Phi) is 8.93. The van der Waals surface area contributed by atoms with Crippen molar-refractivity contribution in [3.63, 3.8) is 0 Å². The van der Waals surface area contributed by atoms with E-state index in [1.54, 1.807) is 30.3 Å². The maximum absolute atomic E-state index is 12.7. The number of anilines is 1. The van der Waals surface area contributed by atoms with Gasteiger partial charge in [0.15, 0.2) is 11.0 Å². The van der Waals surface area contributed by atoms with Crippen molar-refractivity contribution in [1.29, 1.82) is 0 Å². The third-order valence-corrected chi connectivity index (χ3v) is 6.76. The van der Waals surface area contributed by atoms with Crippen LogP contribution in [0.15, 0.2) is 58.7 Å². The van der Waals surface area contributed by atoms with Gasteiger partial charge < -0.3 is 15.2 Å². The Labute approximate surface area is 216 Å². The Balaban J connectivity index is 1.70. The van der Waals surface area contributed by atoms with Crippen LogP contribution in [0.2, 0.25) is 5.02 Å². The Morgan fingerprint density at radius 2 is 1.91 bits per heavy atom. The lowest BCUT2D eigenvalue weighted by atomic mass is 10.1. The summed E-state index contributed by atoms with van der Waals surface area (Å²) in [5, 5.41) is 15.3. The van der Waals surface area contributed by atoms with Crippen molar-refractivity contribution in [1.82, 2.24) is 20.1 Å². The predicted octanol–water partition coefficient (Wildman–Crippen LogP) is 5.72. The van der Waals surface area contributed by atoms with Crippen molar-refractivity contribution in [3.8, 4) is 0 Å². The first-order valence-corrected chi connectivity index (χ1v) is 12.7. The van der Waals surface area contributed by atoms with Gasteiger partial charge in [-0.15, -0.1) is 16.8 Å². The highest BCUT2D eigenvalue weighted by Crippen LogP contribution is 2.26. The largest absolute Gasteiger partial charge is 0.342 e. The van der Waals surface area contributed by atoms with Crippen LogP contribution >= 0.6 is 39.3 Å². The average molecular weight is 563 g/mol. The molecule has 0 unspecified atom stereocenters. The molecule has 0 bridgehead atoms. The van der Waals surface area contributed by atoms with E-state index < -0.39 is 6.04 Å². The number of nitrogens with zero attached hydrogens (tertiary/aromatic N) is 3. The van der Waals surface area contributed by atoms with Gasteiger partial charge in [0.1, 0.15) is 0 Å². The summed E-state index contributed by atoms with van der Waals surface area (Å²) in [7, 11) is 0. The van der Waals surface area contributed by atoms with Gasteiger partial charge in [0.25, 0.3) is 5.91 Å². The van der Waals surface area contributed by atoms with Crippen LogP contribution in [0, 0.1) is 13.8 Å². The molecule has 0 aliphatic carbocycles. The van der Waals surface area contributed by atoms with E-state index in [9.17, 15) is 9.59 Å². The molecule has 0 fully saturated rings. The van der Waals surface area contributed by atoms with Crippen LogP contribution in [0.5, 0.6) is 0 Å². The van der Waals surface area contributed by atoms with Gasteiger partial charge in [0.2, 0.25) is 5.91 Å². The monoisotopic (exact) mass is 561 g/mol. The van der Waals surface area contributed by atoms with Crippen molar-refractivity contribution in [3.05, 3.63) is 81.1 Å². The van der Waals surface area contributed by atoms with Gasteiger partial charge in [-0.05, 0) is 56.2 Å². The lowest BCUT2D eigenvalue weighted by molar-refractivity contribution is -0.113. The zero-order valence-corrected chi connectivity index (χ0v) is 22.2. The summed E-state index contributed by atoms with van der Waals surface area (Å²) in [5.74, 6) is 0.265. The number of hydrogen-bond donors (Lipinski definition) is 2. The van der Waals surface area contributed by atoms with Crippen LogP contribution in [0.1, 0.15) is 40.3 Å². The molecule has 1 aromatic heterocycles. The van der Waals surface area contributed by atoms with E-state index in [1.807, 2.05) is 37.5 Å². The number of allylic oxidation sites excluding steroid dienone is 1. The van der Waals surface area contributed by atoms with Gasteiger partial charge in [-0.25, -0.2) is 0 Å². The third kappa shape index (κ3) is 6.28. The molecular weight excluding hydrogens is 538 g/mol. The summed E-state index contributed by atoms with van der Waals surface area (Å²) in [5.41, 5.74) is 3.14. The topological polar surface area (TPSA) is 88.9 Å². The summed E-state index contributed by atoms with van der Waals surface area (Å²) in [6.45, 7) is 9.95. The Morgan fingerprint density at radius 3 is 2.56 bits per heavy atom. The van der Waals surface area contributed by atoms with Crippen LogP contribution < -0.4 is 10.6 Å². The van der Waals surface area contributed by atoms with Crippen LogP contribution in [-0.4, -0.2) is 32.3 Å². The van der Waals surface area contributed by atoms with Crippen molar-refractivity contribution in [2.24, 2.45) is 0 Å². The number of nitrogens with one attached hydrogen (secondary N) is 2. The highest BCUT2D eigenvalue weighted by atomic mass is 79.9. The van der Waals surface area contributed by atoms with Gasteiger partial charge in [-0.2, -0.15) is 0 Å². The standard InChI is InChI=1S/C24H25BrClN5O2S/c1-5-10-31-22(16(4)27-23(33)18-8-6-7-9-19(18)26)29-30-24(31)34-13-20(32)28-21-14(2)11-17(25)12-15(21)3/h5-9,11-12,16H,1,10,13H2,2-4H3,(H,27,33)(H,28,32)/t16-/m0/s1. The minimum Gasteiger partial charge on any atom is -0.342 e. The molecule has 2 N–H and O–H groups in total. The van der Waals surface area contributed by atoms with Crippen LogP contribution in [0.3, 0.4) is 0 Å². The molecule has 3 rings (SSSR count). The second kappa shape index (κ2) is 11.7. The van der Waals surface area contributed by atoms with Gasteiger partial charge in [-0.3, -0.25) is 9.59 Å². The van der Waals surface area contributed by atoms with Crippen molar-refractivity contribution in [2.75, 3.05) is 11.1 Å². The van der Waals surface area contributed by atoms with Gasteiger partial charge in [0, 0.05) is 16.7 Å². The predicted molar refractivity (Wildman–Crippen MR) is 141 cm³/mol. The fraction of sp³-hybridized carbons (Fsp3) is 0.250. The molecule has 0 saturated heterocycles. The molecule has 3 aromatic rings. The SMILES string of the molecule is C=CCn1c(SCC(=O)Nc2c(C)cc(Br)cc2C)nnc1[C@H](C)NC(=O)c1ccccc1Cl. The third-order valence-electron chi connectivity index (χ3n) is 5.00. The number of halogens is 2. The minimum absolute atomic E-state index is 0.145. The molecule has 10 heteroatoms. The first kappa shape index (κ1) is 26.0. The number of hydrogen-bond acceptors (Lipinski definition) is 5. The zero-order chi connectivity index (χ0) is 24.8. The van der Waals surface area contributed by atoms with Crippen LogP contribution in [0.4, 0.5) is 5.69 Å². The number of amides is 2. The number of aromatic nitrogens is 3. The number of rotatable bonds is 9. The number of carbonyl (C=O) groups is 2. The molecule has 2 amide bonds. The zero-order valence-electron chi connectivity index (χ0n) is 19.1. The summed E-state index contributed by atoms with van der Waals surface area (Å²) < 4.78 is 2.80. The highest BCUT2D eigenvalue weighted by Gasteiger charge is 2.21. The van der Waals surface area contributed by atoms with Gasteiger partial charge in [-0.1, -0.05) is 57.5 Å². The molecule has 1 atom stereocenters. The van der Waals surface area contributed by atoms with Crippen molar-refractivity contribution < 1.29 is 9.59 Å². The van der Waals surface area contributed by atoms with E-state index in [0.717, 1.165) is 21.3 Å². The Hall–Kier alpha value is -2.62. The van der Waals surface area contributed by atoms with Crippen molar-refractivity contribution in [2.45, 2.75) is 38.5 Å². The van der Waals surface area contributed by atoms with Crippen LogP contribution in [-0.2, 0) is 11.3 Å². The maximum atomic E-state index is 12.7. The lowest BCUT2D eigenvalue weighted by Crippen LogP contribution is -2.29. The number of benzene rings is 2. The number of thioether (sulfide) groups is 1. The molecule has 34 heavy (non-hydrogen) atoms. The smallest absolute Gasteiger partial charge is 0.253 e. The van der Waals surface area contributed by atoms with E-state index in [4.69, 9.17) is 11.6 Å². The minimum atomic E-state index is -0.438. The fourth-order valence-electron chi connectivity index (χ4n) is 3.43.